The molecule has 0 aliphatic carbocycles. The molecule has 0 atom stereocenters. The molecule has 28 heavy (non-hydrogen) atoms. The molecule has 8 heteroatoms. The van der Waals surface area contributed by atoms with E-state index in [9.17, 15) is 13.2 Å². The highest BCUT2D eigenvalue weighted by Gasteiger charge is 2.25. The van der Waals surface area contributed by atoms with Gasteiger partial charge in [0.05, 0.1) is 5.75 Å². The molecule has 2 aromatic rings. The van der Waals surface area contributed by atoms with Crippen LogP contribution in [0.1, 0.15) is 28.8 Å². The van der Waals surface area contributed by atoms with E-state index in [4.69, 9.17) is 11.6 Å². The molecule has 1 aliphatic heterocycles. The molecule has 150 valence electrons. The predicted octanol–water partition coefficient (Wildman–Crippen LogP) is 3.79. The first-order valence-corrected chi connectivity index (χ1v) is 12.1. The summed E-state index contributed by atoms with van der Waals surface area (Å²) in [5, 5.41) is 3.58. The minimum Gasteiger partial charge on any atom is -0.351 e. The first kappa shape index (κ1) is 21.2. The quantitative estimate of drug-likeness (QED) is 0.503. The Bertz CT molecular complexity index is 894. The number of amides is 1. The van der Waals surface area contributed by atoms with Gasteiger partial charge in [-0.15, -0.1) is 11.8 Å². The standard InChI is InChI=1S/C20H23ClN2O3S2/c21-18-7-9-19(10-8-18)27-14-11-22-20(24)17-5-3-16(4-6-17)15-28(25,26)23-12-1-2-13-23/h3-10H,1-2,11-15H2,(H,22,24). The van der Waals surface area contributed by atoms with Gasteiger partial charge < -0.3 is 5.32 Å². The van der Waals surface area contributed by atoms with Gasteiger partial charge in [-0.2, -0.15) is 0 Å². The molecule has 2 aromatic carbocycles. The van der Waals surface area contributed by atoms with Crippen LogP contribution in [-0.2, 0) is 15.8 Å². The lowest BCUT2D eigenvalue weighted by Gasteiger charge is -2.15. The van der Waals surface area contributed by atoms with E-state index in [1.165, 1.54) is 0 Å². The third-order valence-electron chi connectivity index (χ3n) is 4.49. The topological polar surface area (TPSA) is 66.5 Å². The second-order valence-electron chi connectivity index (χ2n) is 6.62. The molecule has 0 bridgehead atoms. The molecule has 1 aliphatic rings. The first-order chi connectivity index (χ1) is 13.4. The largest absolute Gasteiger partial charge is 0.351 e. The highest BCUT2D eigenvalue weighted by atomic mass is 35.5. The molecule has 0 saturated carbocycles. The van der Waals surface area contributed by atoms with Gasteiger partial charge in [-0.3, -0.25) is 4.79 Å². The summed E-state index contributed by atoms with van der Waals surface area (Å²) in [7, 11) is -3.27. The zero-order valence-electron chi connectivity index (χ0n) is 15.4. The second-order valence-corrected chi connectivity index (χ2v) is 10.2. The fraction of sp³-hybridized carbons (Fsp3) is 0.350. The lowest BCUT2D eigenvalue weighted by atomic mass is 10.1. The Morgan fingerprint density at radius 3 is 2.32 bits per heavy atom. The average molecular weight is 439 g/mol. The Labute approximate surface area is 175 Å². The van der Waals surface area contributed by atoms with Crippen molar-refractivity contribution < 1.29 is 13.2 Å². The molecule has 1 amide bonds. The number of carbonyl (C=O) groups excluding carboxylic acids is 1. The number of nitrogens with zero attached hydrogens (tertiary/aromatic N) is 1. The van der Waals surface area contributed by atoms with Crippen LogP contribution in [-0.4, -0.2) is 44.0 Å². The summed E-state index contributed by atoms with van der Waals surface area (Å²) >= 11 is 7.50. The average Bonchev–Trinajstić information content (AvgIpc) is 3.23. The zero-order valence-corrected chi connectivity index (χ0v) is 17.8. The van der Waals surface area contributed by atoms with E-state index in [1.54, 1.807) is 40.3 Å². The summed E-state index contributed by atoms with van der Waals surface area (Å²) in [4.78, 5) is 13.3. The number of benzene rings is 2. The molecule has 1 saturated heterocycles. The van der Waals surface area contributed by atoms with Crippen molar-refractivity contribution in [3.8, 4) is 0 Å². The SMILES string of the molecule is O=C(NCCSc1ccc(Cl)cc1)c1ccc(CS(=O)(=O)N2CCCC2)cc1. The van der Waals surface area contributed by atoms with Crippen molar-refractivity contribution in [2.45, 2.75) is 23.5 Å². The normalized spacial score (nSPS) is 14.9. The summed E-state index contributed by atoms with van der Waals surface area (Å²) in [6, 6.07) is 14.4. The van der Waals surface area contributed by atoms with Crippen LogP contribution in [0.2, 0.25) is 5.02 Å². The highest BCUT2D eigenvalue weighted by molar-refractivity contribution is 7.99. The molecule has 0 spiro atoms. The number of rotatable bonds is 8. The number of thioether (sulfide) groups is 1. The summed E-state index contributed by atoms with van der Waals surface area (Å²) in [5.41, 5.74) is 1.22. The van der Waals surface area contributed by atoms with Gasteiger partial charge in [0.25, 0.3) is 5.91 Å². The van der Waals surface area contributed by atoms with Crippen LogP contribution in [0.4, 0.5) is 0 Å². The van der Waals surface area contributed by atoms with E-state index >= 15 is 0 Å². The van der Waals surface area contributed by atoms with Gasteiger partial charge in [-0.05, 0) is 54.8 Å². The van der Waals surface area contributed by atoms with Crippen LogP contribution in [0.15, 0.2) is 53.4 Å². The van der Waals surface area contributed by atoms with Crippen molar-refractivity contribution in [3.05, 3.63) is 64.7 Å². The van der Waals surface area contributed by atoms with Crippen molar-refractivity contribution in [2.24, 2.45) is 0 Å². The van der Waals surface area contributed by atoms with Crippen molar-refractivity contribution >= 4 is 39.3 Å². The maximum Gasteiger partial charge on any atom is 0.251 e. The number of carbonyl (C=O) groups is 1. The van der Waals surface area contributed by atoms with Gasteiger partial charge in [0.15, 0.2) is 0 Å². The Kier molecular flexibility index (Phi) is 7.40. The fourth-order valence-corrected chi connectivity index (χ4v) is 5.49. The number of sulfonamides is 1. The number of hydrogen-bond donors (Lipinski definition) is 1. The van der Waals surface area contributed by atoms with Crippen LogP contribution < -0.4 is 5.32 Å². The molecule has 1 fully saturated rings. The van der Waals surface area contributed by atoms with Crippen molar-refractivity contribution in [1.29, 1.82) is 0 Å². The maximum absolute atomic E-state index is 12.4. The monoisotopic (exact) mass is 438 g/mol. The van der Waals surface area contributed by atoms with E-state index in [2.05, 4.69) is 5.32 Å². The van der Waals surface area contributed by atoms with E-state index in [0.717, 1.165) is 23.5 Å². The van der Waals surface area contributed by atoms with E-state index in [1.807, 2.05) is 24.3 Å². The summed E-state index contributed by atoms with van der Waals surface area (Å²) in [6.45, 7) is 1.75. The minimum absolute atomic E-state index is 0.0212. The van der Waals surface area contributed by atoms with E-state index < -0.39 is 10.0 Å². The highest BCUT2D eigenvalue weighted by Crippen LogP contribution is 2.20. The summed E-state index contributed by atoms with van der Waals surface area (Å²) in [5.74, 6) is 0.567. The third-order valence-corrected chi connectivity index (χ3v) is 7.61. The van der Waals surface area contributed by atoms with E-state index in [-0.39, 0.29) is 11.7 Å². The van der Waals surface area contributed by atoms with Gasteiger partial charge in [0, 0.05) is 40.9 Å². The smallest absolute Gasteiger partial charge is 0.251 e. The zero-order chi connectivity index (χ0) is 20.0. The molecular weight excluding hydrogens is 416 g/mol. The number of halogens is 1. The Morgan fingerprint density at radius 1 is 1.04 bits per heavy atom. The molecule has 5 nitrogen and oxygen atoms in total. The maximum atomic E-state index is 12.4. The van der Waals surface area contributed by atoms with Gasteiger partial charge in [0.1, 0.15) is 0 Å². The first-order valence-electron chi connectivity index (χ1n) is 9.17. The van der Waals surface area contributed by atoms with Gasteiger partial charge in [-0.25, -0.2) is 12.7 Å². The van der Waals surface area contributed by atoms with Crippen LogP contribution in [0, 0.1) is 0 Å². The predicted molar refractivity (Wildman–Crippen MR) is 114 cm³/mol. The van der Waals surface area contributed by atoms with Crippen LogP contribution >= 0.6 is 23.4 Å². The van der Waals surface area contributed by atoms with Crippen molar-refractivity contribution in [2.75, 3.05) is 25.4 Å². The molecule has 0 radical (unpaired) electrons. The van der Waals surface area contributed by atoms with Crippen LogP contribution in [0.25, 0.3) is 0 Å². The Balaban J connectivity index is 1.46. The second kappa shape index (κ2) is 9.78. The van der Waals surface area contributed by atoms with E-state index in [0.29, 0.717) is 35.8 Å². The van der Waals surface area contributed by atoms with Crippen molar-refractivity contribution in [1.82, 2.24) is 9.62 Å². The fourth-order valence-electron chi connectivity index (χ4n) is 2.99. The lowest BCUT2D eigenvalue weighted by molar-refractivity contribution is 0.0956. The summed E-state index contributed by atoms with van der Waals surface area (Å²) < 4.78 is 26.3. The molecule has 1 heterocycles. The number of hydrogen-bond acceptors (Lipinski definition) is 4. The minimum atomic E-state index is -3.27. The molecule has 0 unspecified atom stereocenters. The third kappa shape index (κ3) is 5.98. The molecule has 1 N–H and O–H groups in total. The van der Waals surface area contributed by atoms with Gasteiger partial charge in [0.2, 0.25) is 10.0 Å². The number of nitrogens with one attached hydrogen (secondary N) is 1. The Morgan fingerprint density at radius 2 is 1.68 bits per heavy atom. The summed E-state index contributed by atoms with van der Waals surface area (Å²) in [6.07, 6.45) is 1.85. The molecule has 0 aromatic heterocycles. The molecule has 3 rings (SSSR count). The lowest BCUT2D eigenvalue weighted by Crippen LogP contribution is -2.29. The Hall–Kier alpha value is -1.54. The van der Waals surface area contributed by atoms with Gasteiger partial charge >= 0.3 is 0 Å². The van der Waals surface area contributed by atoms with Gasteiger partial charge in [-0.1, -0.05) is 23.7 Å². The molecular formula is C20H23ClN2O3S2. The van der Waals surface area contributed by atoms with Crippen LogP contribution in [0.3, 0.4) is 0 Å². The van der Waals surface area contributed by atoms with Crippen LogP contribution in [0.5, 0.6) is 0 Å². The van der Waals surface area contributed by atoms with Crippen molar-refractivity contribution in [3.63, 3.8) is 0 Å².